The number of para-hydroxylation sites is 2. The van der Waals surface area contributed by atoms with Gasteiger partial charge in [0.2, 0.25) is 0 Å². The maximum Gasteiger partial charge on any atom is 0.0645 e. The highest BCUT2D eigenvalue weighted by molar-refractivity contribution is 6.17. The van der Waals surface area contributed by atoms with Crippen molar-refractivity contribution >= 4 is 43.6 Å². The summed E-state index contributed by atoms with van der Waals surface area (Å²) in [6.45, 7) is 0. The lowest BCUT2D eigenvalue weighted by Gasteiger charge is -2.14. The van der Waals surface area contributed by atoms with Gasteiger partial charge in [-0.05, 0) is 105 Å². The van der Waals surface area contributed by atoms with Crippen LogP contribution in [0.4, 0.5) is 0 Å². The van der Waals surface area contributed by atoms with Crippen molar-refractivity contribution in [1.29, 1.82) is 0 Å². The molecule has 2 heterocycles. The zero-order chi connectivity index (χ0) is 47.1. The summed E-state index contributed by atoms with van der Waals surface area (Å²) in [5.41, 5.74) is 12.9. The Balaban J connectivity index is 1.08. The standard InChI is InChI=1S/C60H40N2/c1-4-15-41(16-5-1)42-27-29-43(30-28-42)44-31-35-49(36-32-44)61-56-25-13-11-22-52(56)53-39-47(33-37-57(53)61)48-34-38-58-54(40-48)60-51(46-19-8-3-9-20-46)23-14-26-59(60)62(58)55-24-12-10-21-50(55)45-17-6-2-7-18-45/h1-40H/i11D,13D,22D,25D,33D,37D,39D. The summed E-state index contributed by atoms with van der Waals surface area (Å²) < 4.78 is 69.5. The number of rotatable bonds is 7. The highest BCUT2D eigenvalue weighted by Gasteiger charge is 2.20. The van der Waals surface area contributed by atoms with E-state index in [-0.39, 0.29) is 57.6 Å². The molecule has 2 aromatic heterocycles. The SMILES string of the molecule is [2H]c1c([2H])c([2H])c2c(c1[2H])c1c([2H])c(-c3ccc4c(c3)c3c(-c5ccccc5)cccc3n4-c3ccccc3-c3ccccc3)c([2H])c([2H])c1n2-c1ccc(-c2ccc(-c3ccccc3)cc2)cc1. The molecule has 2 nitrogen and oxygen atoms in total. The van der Waals surface area contributed by atoms with Crippen LogP contribution in [0.15, 0.2) is 242 Å². The molecule has 0 N–H and O–H groups in total. The fourth-order valence-corrected chi connectivity index (χ4v) is 9.08. The molecular formula is C60H40N2. The van der Waals surface area contributed by atoms with Crippen molar-refractivity contribution in [2.75, 3.05) is 0 Å². The second kappa shape index (κ2) is 14.8. The van der Waals surface area contributed by atoms with Gasteiger partial charge < -0.3 is 9.13 Å². The average Bonchev–Trinajstić information content (AvgIpc) is 3.94. The second-order valence-corrected chi connectivity index (χ2v) is 15.5. The van der Waals surface area contributed by atoms with E-state index < -0.39 is 12.1 Å². The Morgan fingerprint density at radius 3 is 1.56 bits per heavy atom. The van der Waals surface area contributed by atoms with Crippen LogP contribution in [-0.4, -0.2) is 9.13 Å². The van der Waals surface area contributed by atoms with Gasteiger partial charge in [-0.1, -0.05) is 188 Å². The molecule has 0 atom stereocenters. The Kier molecular flexibility index (Phi) is 6.95. The number of benzene rings is 10. The molecule has 0 unspecified atom stereocenters. The van der Waals surface area contributed by atoms with Crippen molar-refractivity contribution in [1.82, 2.24) is 9.13 Å². The molecule has 62 heavy (non-hydrogen) atoms. The summed E-state index contributed by atoms with van der Waals surface area (Å²) in [7, 11) is 0. The number of hydrogen-bond acceptors (Lipinski definition) is 0. The maximum atomic E-state index is 10.0. The van der Waals surface area contributed by atoms with E-state index in [1.54, 1.807) is 4.57 Å². The Morgan fingerprint density at radius 2 is 0.855 bits per heavy atom. The largest absolute Gasteiger partial charge is 0.309 e. The Morgan fingerprint density at radius 1 is 0.306 bits per heavy atom. The molecule has 0 saturated carbocycles. The molecule has 0 spiro atoms. The van der Waals surface area contributed by atoms with E-state index in [1.807, 2.05) is 109 Å². The van der Waals surface area contributed by atoms with Crippen LogP contribution in [0.3, 0.4) is 0 Å². The molecule has 0 aliphatic heterocycles. The van der Waals surface area contributed by atoms with E-state index in [2.05, 4.69) is 95.6 Å². The molecule has 0 bridgehead atoms. The first kappa shape index (κ1) is 29.1. The summed E-state index contributed by atoms with van der Waals surface area (Å²) in [6, 6.07) is 65.4. The van der Waals surface area contributed by atoms with Gasteiger partial charge >= 0.3 is 0 Å². The predicted octanol–water partition coefficient (Wildman–Crippen LogP) is 16.2. The topological polar surface area (TPSA) is 9.86 Å². The van der Waals surface area contributed by atoms with E-state index in [0.717, 1.165) is 72.0 Å². The van der Waals surface area contributed by atoms with E-state index in [9.17, 15) is 6.85 Å². The summed E-state index contributed by atoms with van der Waals surface area (Å²) in [5.74, 6) is 0. The van der Waals surface area contributed by atoms with Crippen LogP contribution >= 0.6 is 0 Å². The van der Waals surface area contributed by atoms with Gasteiger partial charge in [-0.3, -0.25) is 0 Å². The third-order valence-electron chi connectivity index (χ3n) is 12.0. The number of aromatic nitrogens is 2. The molecule has 0 aliphatic rings. The highest BCUT2D eigenvalue weighted by Crippen LogP contribution is 2.43. The minimum atomic E-state index is -0.429. The maximum absolute atomic E-state index is 10.0. The lowest BCUT2D eigenvalue weighted by Crippen LogP contribution is -1.97. The summed E-state index contributed by atoms with van der Waals surface area (Å²) in [5, 5.41) is 2.22. The third kappa shape index (κ3) is 5.96. The lowest BCUT2D eigenvalue weighted by molar-refractivity contribution is 1.18. The average molecular weight is 796 g/mol. The summed E-state index contributed by atoms with van der Waals surface area (Å²) in [4.78, 5) is 0. The minimum Gasteiger partial charge on any atom is -0.309 e. The van der Waals surface area contributed by atoms with Gasteiger partial charge in [-0.25, -0.2) is 0 Å². The van der Waals surface area contributed by atoms with Crippen LogP contribution in [0.1, 0.15) is 9.60 Å². The van der Waals surface area contributed by atoms with Gasteiger partial charge in [0.05, 0.1) is 37.3 Å². The molecule has 0 aliphatic carbocycles. The van der Waals surface area contributed by atoms with Gasteiger partial charge in [-0.15, -0.1) is 0 Å². The van der Waals surface area contributed by atoms with Gasteiger partial charge in [0.15, 0.2) is 0 Å². The van der Waals surface area contributed by atoms with Crippen molar-refractivity contribution in [3.63, 3.8) is 0 Å². The van der Waals surface area contributed by atoms with Crippen molar-refractivity contribution in [2.45, 2.75) is 0 Å². The summed E-state index contributed by atoms with van der Waals surface area (Å²) in [6.07, 6.45) is 0. The fraction of sp³-hybridized carbons (Fsp3) is 0. The minimum absolute atomic E-state index is 0.0873. The first-order valence-electron chi connectivity index (χ1n) is 24.3. The molecular weight excluding hydrogens is 749 g/mol. The van der Waals surface area contributed by atoms with Crippen molar-refractivity contribution in [2.24, 2.45) is 0 Å². The number of nitrogens with zero attached hydrogens (tertiary/aromatic N) is 2. The normalized spacial score (nSPS) is 13.1. The molecule has 290 valence electrons. The smallest absolute Gasteiger partial charge is 0.0645 e. The molecule has 2 heteroatoms. The number of fused-ring (bicyclic) bond motifs is 6. The quantitative estimate of drug-likeness (QED) is 0.152. The van der Waals surface area contributed by atoms with Gasteiger partial charge in [0.25, 0.3) is 0 Å². The highest BCUT2D eigenvalue weighted by atomic mass is 15.0. The van der Waals surface area contributed by atoms with Crippen molar-refractivity contribution in [3.8, 4) is 67.0 Å². The van der Waals surface area contributed by atoms with Crippen molar-refractivity contribution in [3.05, 3.63) is 242 Å². The monoisotopic (exact) mass is 795 g/mol. The predicted molar refractivity (Wildman–Crippen MR) is 262 cm³/mol. The Labute approximate surface area is 370 Å². The van der Waals surface area contributed by atoms with Gasteiger partial charge in [0, 0.05) is 32.8 Å². The van der Waals surface area contributed by atoms with Crippen LogP contribution in [0.2, 0.25) is 0 Å². The lowest BCUT2D eigenvalue weighted by atomic mass is 9.97. The van der Waals surface area contributed by atoms with E-state index in [1.165, 1.54) is 0 Å². The molecule has 0 saturated heterocycles. The summed E-state index contributed by atoms with van der Waals surface area (Å²) >= 11 is 0. The van der Waals surface area contributed by atoms with E-state index >= 15 is 0 Å². The second-order valence-electron chi connectivity index (χ2n) is 15.5. The molecule has 10 aromatic carbocycles. The van der Waals surface area contributed by atoms with Crippen LogP contribution in [0.25, 0.3) is 111 Å². The molecule has 12 aromatic rings. The van der Waals surface area contributed by atoms with Crippen molar-refractivity contribution < 1.29 is 9.60 Å². The molecule has 12 rings (SSSR count). The van der Waals surface area contributed by atoms with Gasteiger partial charge in [0.1, 0.15) is 0 Å². The molecule has 0 fully saturated rings. The Hall–Kier alpha value is -8.20. The fourth-order valence-electron chi connectivity index (χ4n) is 9.08. The van der Waals surface area contributed by atoms with E-state index in [4.69, 9.17) is 2.74 Å². The zero-order valence-electron chi connectivity index (χ0n) is 40.4. The number of hydrogen-bond donors (Lipinski definition) is 0. The Bertz CT molecular complexity index is 3990. The van der Waals surface area contributed by atoms with Crippen LogP contribution in [0.5, 0.6) is 0 Å². The van der Waals surface area contributed by atoms with Crippen LogP contribution < -0.4 is 0 Å². The van der Waals surface area contributed by atoms with E-state index in [0.29, 0.717) is 11.3 Å². The zero-order valence-corrected chi connectivity index (χ0v) is 33.4. The molecule has 0 amide bonds. The molecule has 0 radical (unpaired) electrons. The first-order chi connectivity index (χ1) is 33.7. The third-order valence-corrected chi connectivity index (χ3v) is 12.0. The van der Waals surface area contributed by atoms with Gasteiger partial charge in [-0.2, -0.15) is 0 Å². The van der Waals surface area contributed by atoms with Crippen LogP contribution in [0, 0.1) is 0 Å². The first-order valence-corrected chi connectivity index (χ1v) is 20.8. The van der Waals surface area contributed by atoms with Crippen LogP contribution in [-0.2, 0) is 0 Å².